The lowest BCUT2D eigenvalue weighted by atomic mass is 10.2. The van der Waals surface area contributed by atoms with Crippen LogP contribution in [0.15, 0.2) is 47.4 Å². The second-order valence-electron chi connectivity index (χ2n) is 6.82. The number of carbonyl (C=O) groups excluding carboxylic acids is 2. The van der Waals surface area contributed by atoms with E-state index in [0.717, 1.165) is 10.1 Å². The minimum atomic E-state index is -3.90. The molecule has 0 saturated heterocycles. The van der Waals surface area contributed by atoms with Crippen molar-refractivity contribution in [2.24, 2.45) is 0 Å². The Morgan fingerprint density at radius 1 is 1.06 bits per heavy atom. The highest BCUT2D eigenvalue weighted by molar-refractivity contribution is 7.89. The fourth-order valence-electron chi connectivity index (χ4n) is 2.95. The quantitative estimate of drug-likeness (QED) is 0.521. The predicted octanol–water partition coefficient (Wildman–Crippen LogP) is 3.31. The topological polar surface area (TPSA) is 111 Å². The fraction of sp³-hybridized carbons (Fsp3) is 0.238. The van der Waals surface area contributed by atoms with Crippen LogP contribution in [0.4, 0.5) is 5.69 Å². The summed E-state index contributed by atoms with van der Waals surface area (Å²) in [7, 11) is -1.09. The zero-order valence-electron chi connectivity index (χ0n) is 17.4. The second kappa shape index (κ2) is 9.04. The first kappa shape index (κ1) is 22.7. The first-order valence-electron chi connectivity index (χ1n) is 9.24. The molecule has 0 saturated carbocycles. The zero-order chi connectivity index (χ0) is 22.8. The maximum Gasteiger partial charge on any atom is 0.348 e. The molecule has 2 N–H and O–H groups in total. The van der Waals surface area contributed by atoms with Gasteiger partial charge in [0.15, 0.2) is 0 Å². The Balaban J connectivity index is 1.72. The largest absolute Gasteiger partial charge is 0.496 e. The zero-order valence-corrected chi connectivity index (χ0v) is 19.0. The number of sulfonamides is 1. The van der Waals surface area contributed by atoms with E-state index in [0.29, 0.717) is 21.9 Å². The Hall–Kier alpha value is -2.95. The number of hydrogen-bond acceptors (Lipinski definition) is 7. The molecule has 8 nitrogen and oxygen atoms in total. The maximum atomic E-state index is 12.6. The first-order chi connectivity index (χ1) is 14.6. The Morgan fingerprint density at radius 3 is 2.45 bits per heavy atom. The Bertz CT molecular complexity index is 1250. The van der Waals surface area contributed by atoms with Gasteiger partial charge < -0.3 is 14.8 Å². The van der Waals surface area contributed by atoms with Crippen LogP contribution >= 0.6 is 11.3 Å². The van der Waals surface area contributed by atoms with Crippen molar-refractivity contribution < 1.29 is 27.5 Å². The van der Waals surface area contributed by atoms with E-state index in [9.17, 15) is 18.0 Å². The van der Waals surface area contributed by atoms with Crippen molar-refractivity contribution >= 4 is 49.0 Å². The molecule has 0 aliphatic rings. The summed E-state index contributed by atoms with van der Waals surface area (Å²) in [5, 5.41) is 3.46. The van der Waals surface area contributed by atoms with Crippen LogP contribution in [0, 0.1) is 6.92 Å². The molecule has 0 aliphatic heterocycles. The number of fused-ring (bicyclic) bond motifs is 1. The number of benzene rings is 2. The monoisotopic (exact) mass is 462 g/mol. The molecule has 31 heavy (non-hydrogen) atoms. The van der Waals surface area contributed by atoms with Gasteiger partial charge in [0.25, 0.3) is 0 Å². The molecule has 0 fully saturated rings. The van der Waals surface area contributed by atoms with Crippen molar-refractivity contribution in [2.75, 3.05) is 19.5 Å². The van der Waals surface area contributed by atoms with E-state index in [2.05, 4.69) is 10.0 Å². The number of ether oxygens (including phenoxy) is 2. The summed E-state index contributed by atoms with van der Waals surface area (Å²) in [5.41, 5.74) is 1.15. The third-order valence-electron chi connectivity index (χ3n) is 4.57. The van der Waals surface area contributed by atoms with Gasteiger partial charge in [-0.1, -0.05) is 0 Å². The number of amides is 1. The van der Waals surface area contributed by atoms with Gasteiger partial charge in [0.05, 0.1) is 25.2 Å². The number of carbonyl (C=O) groups is 2. The molecule has 0 radical (unpaired) electrons. The smallest absolute Gasteiger partial charge is 0.348 e. The molecule has 1 aromatic heterocycles. The number of nitrogens with one attached hydrogen (secondary N) is 2. The van der Waals surface area contributed by atoms with Crippen LogP contribution in [-0.4, -0.2) is 40.6 Å². The van der Waals surface area contributed by atoms with Gasteiger partial charge in [-0.2, -0.15) is 4.72 Å². The summed E-state index contributed by atoms with van der Waals surface area (Å²) in [6, 6.07) is 10.3. The lowest BCUT2D eigenvalue weighted by Gasteiger charge is -2.15. The van der Waals surface area contributed by atoms with Crippen molar-refractivity contribution in [2.45, 2.75) is 24.8 Å². The van der Waals surface area contributed by atoms with Crippen LogP contribution in [0.5, 0.6) is 5.75 Å². The second-order valence-corrected chi connectivity index (χ2v) is 9.62. The molecule has 1 amide bonds. The van der Waals surface area contributed by atoms with Crippen LogP contribution in [0.3, 0.4) is 0 Å². The van der Waals surface area contributed by atoms with Crippen LogP contribution in [0.1, 0.15) is 22.2 Å². The number of methoxy groups -OCH3 is 2. The van der Waals surface area contributed by atoms with Gasteiger partial charge in [-0.25, -0.2) is 13.2 Å². The van der Waals surface area contributed by atoms with Gasteiger partial charge in [-0.3, -0.25) is 4.79 Å². The lowest BCUT2D eigenvalue weighted by Crippen LogP contribution is -2.41. The molecule has 1 atom stereocenters. The summed E-state index contributed by atoms with van der Waals surface area (Å²) >= 11 is 1.29. The van der Waals surface area contributed by atoms with E-state index in [-0.39, 0.29) is 4.90 Å². The molecular formula is C21H22N2O6S2. The highest BCUT2D eigenvalue weighted by atomic mass is 32.2. The standard InChI is InChI=1S/C21H22N2O6S2/c1-12-9-16(6-7-17(12)28-3)31(26,27)23-13(2)20(24)22-15-5-8-18-14(10-15)11-19(30-18)21(25)29-4/h5-11,13,23H,1-4H3,(H,22,24)/t13-/m1/s1. The van der Waals surface area contributed by atoms with Crippen molar-refractivity contribution in [1.29, 1.82) is 0 Å². The molecule has 3 aromatic rings. The van der Waals surface area contributed by atoms with Crippen molar-refractivity contribution in [1.82, 2.24) is 4.72 Å². The number of rotatable bonds is 7. The van der Waals surface area contributed by atoms with E-state index in [1.807, 2.05) is 0 Å². The van der Waals surface area contributed by atoms with Crippen LogP contribution < -0.4 is 14.8 Å². The van der Waals surface area contributed by atoms with Gasteiger partial charge >= 0.3 is 5.97 Å². The van der Waals surface area contributed by atoms with E-state index >= 15 is 0 Å². The molecule has 3 rings (SSSR count). The molecule has 0 spiro atoms. The third kappa shape index (κ3) is 5.04. The highest BCUT2D eigenvalue weighted by Gasteiger charge is 2.23. The van der Waals surface area contributed by atoms with Crippen molar-refractivity contribution in [3.05, 3.63) is 52.9 Å². The van der Waals surface area contributed by atoms with Gasteiger partial charge in [-0.15, -0.1) is 11.3 Å². The maximum absolute atomic E-state index is 12.6. The first-order valence-corrected chi connectivity index (χ1v) is 11.5. The molecule has 2 aromatic carbocycles. The molecular weight excluding hydrogens is 440 g/mol. The van der Waals surface area contributed by atoms with Crippen LogP contribution in [0.25, 0.3) is 10.1 Å². The van der Waals surface area contributed by atoms with E-state index in [4.69, 9.17) is 9.47 Å². The van der Waals surface area contributed by atoms with E-state index in [1.165, 1.54) is 44.6 Å². The summed E-state index contributed by atoms with van der Waals surface area (Å²) in [5.74, 6) is -0.371. The van der Waals surface area contributed by atoms with Gasteiger partial charge in [0.2, 0.25) is 15.9 Å². The fourth-order valence-corrected chi connectivity index (χ4v) is 5.19. The summed E-state index contributed by atoms with van der Waals surface area (Å²) in [6.45, 7) is 3.20. The number of hydrogen-bond donors (Lipinski definition) is 2. The third-order valence-corrected chi connectivity index (χ3v) is 7.21. The Labute approximate surface area is 184 Å². The lowest BCUT2D eigenvalue weighted by molar-refractivity contribution is -0.117. The minimum absolute atomic E-state index is 0.0421. The van der Waals surface area contributed by atoms with Crippen LogP contribution in [-0.2, 0) is 19.6 Å². The average Bonchev–Trinajstić information content (AvgIpc) is 3.16. The number of aryl methyl sites for hydroxylation is 1. The molecule has 10 heteroatoms. The molecule has 0 aliphatic carbocycles. The van der Waals surface area contributed by atoms with Crippen molar-refractivity contribution in [3.63, 3.8) is 0 Å². The number of thiophene rings is 1. The number of esters is 1. The van der Waals surface area contributed by atoms with Gasteiger partial charge in [-0.05, 0) is 67.3 Å². The minimum Gasteiger partial charge on any atom is -0.496 e. The van der Waals surface area contributed by atoms with Gasteiger partial charge in [0.1, 0.15) is 10.6 Å². The predicted molar refractivity (Wildman–Crippen MR) is 119 cm³/mol. The summed E-state index contributed by atoms with van der Waals surface area (Å²) < 4.78 is 38.4. The number of anilines is 1. The Kier molecular flexibility index (Phi) is 6.63. The molecule has 1 heterocycles. The van der Waals surface area contributed by atoms with Gasteiger partial charge in [0, 0.05) is 10.4 Å². The normalized spacial score (nSPS) is 12.4. The summed E-state index contributed by atoms with van der Waals surface area (Å²) in [4.78, 5) is 24.7. The molecule has 0 bridgehead atoms. The molecule has 164 valence electrons. The summed E-state index contributed by atoms with van der Waals surface area (Å²) in [6.07, 6.45) is 0. The van der Waals surface area contributed by atoms with Crippen LogP contribution in [0.2, 0.25) is 0 Å². The highest BCUT2D eigenvalue weighted by Crippen LogP contribution is 2.28. The average molecular weight is 463 g/mol. The Morgan fingerprint density at radius 2 is 1.81 bits per heavy atom. The molecule has 0 unspecified atom stereocenters. The van der Waals surface area contributed by atoms with Crippen molar-refractivity contribution in [3.8, 4) is 5.75 Å². The van der Waals surface area contributed by atoms with E-state index < -0.39 is 27.9 Å². The SMILES string of the molecule is COC(=O)c1cc2cc(NC(=O)[C@@H](C)NS(=O)(=O)c3ccc(OC)c(C)c3)ccc2s1. The van der Waals surface area contributed by atoms with E-state index in [1.54, 1.807) is 37.3 Å².